The summed E-state index contributed by atoms with van der Waals surface area (Å²) < 4.78 is 2.11. The molecule has 170 valence electrons. The minimum Gasteiger partial charge on any atom is -0.342 e. The summed E-state index contributed by atoms with van der Waals surface area (Å²) >= 11 is 7.54. The van der Waals surface area contributed by atoms with Crippen molar-refractivity contribution in [3.05, 3.63) is 112 Å². The molecule has 0 bridgehead atoms. The van der Waals surface area contributed by atoms with E-state index in [1.165, 1.54) is 0 Å². The summed E-state index contributed by atoms with van der Waals surface area (Å²) in [5.41, 5.74) is 3.81. The molecule has 0 unspecified atom stereocenters. The Morgan fingerprint density at radius 1 is 1.03 bits per heavy atom. The van der Waals surface area contributed by atoms with Crippen LogP contribution in [0, 0.1) is 11.3 Å². The highest BCUT2D eigenvalue weighted by atomic mass is 35.5. The highest BCUT2D eigenvalue weighted by Crippen LogP contribution is 2.29. The van der Waals surface area contributed by atoms with Crippen molar-refractivity contribution in [3.8, 4) is 6.07 Å². The van der Waals surface area contributed by atoms with E-state index in [9.17, 15) is 10.1 Å². The number of hydrogen-bond acceptors (Lipinski definition) is 5. The number of allylic oxidation sites excluding steroid dienone is 1. The van der Waals surface area contributed by atoms with Crippen LogP contribution in [0.4, 0.5) is 5.13 Å². The maximum Gasteiger partial charge on any atom is 0.257 e. The molecule has 0 saturated carbocycles. The Hall–Kier alpha value is -4.25. The lowest BCUT2D eigenvalue weighted by Crippen LogP contribution is -2.11. The van der Waals surface area contributed by atoms with Gasteiger partial charge in [-0.15, -0.1) is 10.2 Å². The Balaban J connectivity index is 1.45. The van der Waals surface area contributed by atoms with Gasteiger partial charge in [-0.05, 0) is 35.9 Å². The van der Waals surface area contributed by atoms with Gasteiger partial charge in [0.05, 0.1) is 5.57 Å². The van der Waals surface area contributed by atoms with Crippen molar-refractivity contribution in [2.45, 2.75) is 6.54 Å². The smallest absolute Gasteiger partial charge is 0.257 e. The fourth-order valence-electron chi connectivity index (χ4n) is 3.77. The lowest BCUT2D eigenvalue weighted by atomic mass is 10.1. The second-order valence-corrected chi connectivity index (χ2v) is 9.11. The molecule has 1 N–H and O–H groups in total. The quantitative estimate of drug-likeness (QED) is 0.272. The molecule has 0 aliphatic rings. The fourth-order valence-corrected chi connectivity index (χ4v) is 4.67. The first-order chi connectivity index (χ1) is 17.1. The normalized spacial score (nSPS) is 11.4. The van der Waals surface area contributed by atoms with Gasteiger partial charge in [0.1, 0.15) is 6.07 Å². The van der Waals surface area contributed by atoms with Crippen molar-refractivity contribution < 1.29 is 4.79 Å². The summed E-state index contributed by atoms with van der Waals surface area (Å²) in [5.74, 6) is -0.279. The molecule has 3 aromatic carbocycles. The van der Waals surface area contributed by atoms with Gasteiger partial charge < -0.3 is 4.57 Å². The highest BCUT2D eigenvalue weighted by Gasteiger charge is 2.15. The van der Waals surface area contributed by atoms with E-state index in [-0.39, 0.29) is 5.91 Å². The molecule has 8 heteroatoms. The Bertz CT molecular complexity index is 1600. The average Bonchev–Trinajstić information content (AvgIpc) is 3.49. The number of anilines is 1. The van der Waals surface area contributed by atoms with Crippen molar-refractivity contribution in [3.63, 3.8) is 0 Å². The Labute approximate surface area is 210 Å². The number of nitriles is 1. The van der Waals surface area contributed by atoms with Gasteiger partial charge in [-0.25, -0.2) is 0 Å². The number of halogens is 1. The van der Waals surface area contributed by atoms with Gasteiger partial charge in [0.15, 0.2) is 5.01 Å². The maximum absolute atomic E-state index is 12.4. The molecule has 0 radical (unpaired) electrons. The average molecular weight is 496 g/mol. The van der Waals surface area contributed by atoms with Crippen LogP contribution in [0.1, 0.15) is 26.5 Å². The molecule has 0 aliphatic carbocycles. The van der Waals surface area contributed by atoms with Gasteiger partial charge in [-0.3, -0.25) is 10.1 Å². The van der Waals surface area contributed by atoms with Crippen LogP contribution in [-0.4, -0.2) is 20.7 Å². The van der Waals surface area contributed by atoms with Crippen LogP contribution in [0.15, 0.2) is 85.1 Å². The van der Waals surface area contributed by atoms with Gasteiger partial charge in [-0.2, -0.15) is 5.26 Å². The molecule has 5 rings (SSSR count). The predicted octanol–water partition coefficient (Wildman–Crippen LogP) is 6.51. The first-order valence-corrected chi connectivity index (χ1v) is 11.9. The molecular formula is C27H18ClN5OS. The molecule has 2 heterocycles. The number of para-hydroxylation sites is 1. The molecule has 5 aromatic rings. The molecule has 6 nitrogen and oxygen atoms in total. The molecule has 0 atom stereocenters. The first-order valence-electron chi connectivity index (χ1n) is 10.8. The molecule has 0 fully saturated rings. The molecule has 35 heavy (non-hydrogen) atoms. The second kappa shape index (κ2) is 9.94. The minimum absolute atomic E-state index is 0.279. The van der Waals surface area contributed by atoms with E-state index in [0.29, 0.717) is 32.8 Å². The van der Waals surface area contributed by atoms with Crippen LogP contribution in [0.25, 0.3) is 22.6 Å². The minimum atomic E-state index is -0.279. The summed E-state index contributed by atoms with van der Waals surface area (Å²) in [4.78, 5) is 12.4. The number of fused-ring (bicyclic) bond motifs is 1. The largest absolute Gasteiger partial charge is 0.342 e. The Kier molecular flexibility index (Phi) is 6.40. The molecule has 1 amide bonds. The summed E-state index contributed by atoms with van der Waals surface area (Å²) in [5, 5.41) is 23.3. The molecular weight excluding hydrogens is 478 g/mol. The van der Waals surface area contributed by atoms with E-state index >= 15 is 0 Å². The zero-order valence-corrected chi connectivity index (χ0v) is 19.9. The number of nitrogens with one attached hydrogen (secondary N) is 1. The van der Waals surface area contributed by atoms with Gasteiger partial charge in [-0.1, -0.05) is 77.5 Å². The van der Waals surface area contributed by atoms with E-state index in [4.69, 9.17) is 11.6 Å². The number of carbonyl (C=O) groups is 1. The Morgan fingerprint density at radius 2 is 1.77 bits per heavy atom. The van der Waals surface area contributed by atoms with E-state index in [1.807, 2.05) is 60.8 Å². The van der Waals surface area contributed by atoms with Crippen molar-refractivity contribution in [1.82, 2.24) is 14.8 Å². The summed E-state index contributed by atoms with van der Waals surface area (Å²) in [7, 11) is 0. The number of carbonyl (C=O) groups excluding carboxylic acids is 1. The van der Waals surface area contributed by atoms with Gasteiger partial charge >= 0.3 is 0 Å². The van der Waals surface area contributed by atoms with Crippen LogP contribution < -0.4 is 5.32 Å². The van der Waals surface area contributed by atoms with Crippen molar-refractivity contribution in [1.29, 1.82) is 5.26 Å². The third-order valence-electron chi connectivity index (χ3n) is 5.45. The first kappa shape index (κ1) is 22.5. The van der Waals surface area contributed by atoms with Crippen LogP contribution in [0.5, 0.6) is 0 Å². The highest BCUT2D eigenvalue weighted by molar-refractivity contribution is 7.16. The summed E-state index contributed by atoms with van der Waals surface area (Å²) in [6, 6.07) is 26.8. The van der Waals surface area contributed by atoms with E-state index in [1.54, 1.807) is 30.3 Å². The van der Waals surface area contributed by atoms with Gasteiger partial charge in [0.2, 0.25) is 5.13 Å². The van der Waals surface area contributed by atoms with Crippen molar-refractivity contribution in [2.24, 2.45) is 0 Å². The third kappa shape index (κ3) is 4.85. The topological polar surface area (TPSA) is 83.6 Å². The van der Waals surface area contributed by atoms with Crippen LogP contribution >= 0.6 is 22.9 Å². The lowest BCUT2D eigenvalue weighted by Gasteiger charge is -2.07. The zero-order valence-electron chi connectivity index (χ0n) is 18.4. The maximum atomic E-state index is 12.4. The lowest BCUT2D eigenvalue weighted by molar-refractivity contribution is 0.102. The second-order valence-electron chi connectivity index (χ2n) is 7.72. The van der Waals surface area contributed by atoms with E-state index in [0.717, 1.165) is 33.4 Å². The zero-order chi connectivity index (χ0) is 24.2. The summed E-state index contributed by atoms with van der Waals surface area (Å²) in [6.45, 7) is 0.602. The molecule has 0 saturated heterocycles. The SMILES string of the molecule is N#CC(=Cc1cn(Cc2ccccc2Cl)c2ccccc12)c1nnc(NC(=O)c2ccccc2)s1. The number of nitrogens with zero attached hydrogens (tertiary/aromatic N) is 4. The van der Waals surface area contributed by atoms with Gasteiger partial charge in [0.25, 0.3) is 5.91 Å². The third-order valence-corrected chi connectivity index (χ3v) is 6.69. The van der Waals surface area contributed by atoms with E-state index < -0.39 is 0 Å². The fraction of sp³-hybridized carbons (Fsp3) is 0.0370. The van der Waals surface area contributed by atoms with Crippen molar-refractivity contribution >= 4 is 56.5 Å². The van der Waals surface area contributed by atoms with Crippen LogP contribution in [0.2, 0.25) is 5.02 Å². The molecule has 0 aliphatic heterocycles. The standard InChI is InChI=1S/C27H18ClN5OS/c28-23-12-6-4-10-19(23)16-33-17-21(22-11-5-7-13-24(22)33)14-20(15-29)26-31-32-27(35-26)30-25(34)18-8-2-1-3-9-18/h1-14,17H,16H2,(H,30,32,34). The van der Waals surface area contributed by atoms with E-state index in [2.05, 4.69) is 26.2 Å². The number of rotatable bonds is 6. The van der Waals surface area contributed by atoms with Crippen molar-refractivity contribution in [2.75, 3.05) is 5.32 Å². The predicted molar refractivity (Wildman–Crippen MR) is 140 cm³/mol. The van der Waals surface area contributed by atoms with Crippen LogP contribution in [-0.2, 0) is 6.54 Å². The number of amides is 1. The number of aromatic nitrogens is 3. The Morgan fingerprint density at radius 3 is 2.57 bits per heavy atom. The number of hydrogen-bond donors (Lipinski definition) is 1. The molecule has 0 spiro atoms. The van der Waals surface area contributed by atoms with Crippen LogP contribution in [0.3, 0.4) is 0 Å². The summed E-state index contributed by atoms with van der Waals surface area (Å²) in [6.07, 6.45) is 3.80. The monoisotopic (exact) mass is 495 g/mol. The molecule has 2 aromatic heterocycles. The van der Waals surface area contributed by atoms with Gasteiger partial charge in [0, 0.05) is 39.8 Å². The number of benzene rings is 3.